The summed E-state index contributed by atoms with van der Waals surface area (Å²) in [6.07, 6.45) is -4.50. The van der Waals surface area contributed by atoms with Crippen molar-refractivity contribution in [2.75, 3.05) is 25.4 Å². The van der Waals surface area contributed by atoms with Crippen LogP contribution in [0.15, 0.2) is 24.3 Å². The summed E-state index contributed by atoms with van der Waals surface area (Å²) in [6.45, 7) is -2.30. The summed E-state index contributed by atoms with van der Waals surface area (Å²) >= 11 is 0. The molecule has 0 saturated heterocycles. The third kappa shape index (κ3) is 4.25. The number of rotatable bonds is 4. The molecule has 0 fully saturated rings. The third-order valence-corrected chi connectivity index (χ3v) is 2.18. The molecule has 7 heteroatoms. The van der Waals surface area contributed by atoms with Crippen LogP contribution < -0.4 is 5.73 Å². The number of benzene rings is 1. The molecule has 0 aliphatic rings. The number of hydrogen-bond acceptors (Lipinski definition) is 3. The van der Waals surface area contributed by atoms with Crippen molar-refractivity contribution in [1.29, 1.82) is 0 Å². The van der Waals surface area contributed by atoms with E-state index in [0.29, 0.717) is 10.6 Å². The number of halogens is 3. The molecular weight excluding hydrogens is 249 g/mol. The first-order valence-corrected chi connectivity index (χ1v) is 5.16. The molecular formula is C11H13F3N2O2. The number of nitrogens with two attached hydrogens (primary N) is 1. The number of carbonyl (C=O) groups excluding carboxylic acids is 1. The molecule has 0 aliphatic heterocycles. The SMILES string of the molecule is Nc1ccc(C(=O)N(CCO)CC(F)(F)F)cc1. The molecule has 1 aromatic carbocycles. The summed E-state index contributed by atoms with van der Waals surface area (Å²) in [5.41, 5.74) is 5.93. The molecule has 0 bridgehead atoms. The first-order valence-electron chi connectivity index (χ1n) is 5.16. The number of aliphatic hydroxyl groups is 1. The predicted octanol–water partition coefficient (Wildman–Crippen LogP) is 1.27. The molecule has 0 saturated carbocycles. The minimum absolute atomic E-state index is 0.0990. The highest BCUT2D eigenvalue weighted by atomic mass is 19.4. The number of aliphatic hydroxyl groups excluding tert-OH is 1. The van der Waals surface area contributed by atoms with Crippen LogP contribution in [0, 0.1) is 0 Å². The standard InChI is InChI=1S/C11H13F3N2O2/c12-11(13,14)7-16(5-6-17)10(18)8-1-3-9(15)4-2-8/h1-4,17H,5-7,15H2. The van der Waals surface area contributed by atoms with Crippen LogP contribution >= 0.6 is 0 Å². The molecule has 0 radical (unpaired) electrons. The molecule has 100 valence electrons. The number of alkyl halides is 3. The molecule has 1 rings (SSSR count). The quantitative estimate of drug-likeness (QED) is 0.803. The zero-order valence-corrected chi connectivity index (χ0v) is 9.44. The van der Waals surface area contributed by atoms with Crippen molar-refractivity contribution >= 4 is 11.6 Å². The van der Waals surface area contributed by atoms with Crippen molar-refractivity contribution < 1.29 is 23.1 Å². The van der Waals surface area contributed by atoms with E-state index < -0.39 is 25.2 Å². The summed E-state index contributed by atoms with van der Waals surface area (Å²) < 4.78 is 36.8. The highest BCUT2D eigenvalue weighted by Gasteiger charge is 2.33. The van der Waals surface area contributed by atoms with E-state index in [2.05, 4.69) is 0 Å². The number of nitrogens with zero attached hydrogens (tertiary/aromatic N) is 1. The number of hydrogen-bond donors (Lipinski definition) is 2. The predicted molar refractivity (Wildman–Crippen MR) is 59.9 cm³/mol. The van der Waals surface area contributed by atoms with Crippen molar-refractivity contribution in [1.82, 2.24) is 4.90 Å². The smallest absolute Gasteiger partial charge is 0.399 e. The molecule has 0 aromatic heterocycles. The van der Waals surface area contributed by atoms with Crippen LogP contribution in [0.5, 0.6) is 0 Å². The monoisotopic (exact) mass is 262 g/mol. The van der Waals surface area contributed by atoms with Gasteiger partial charge in [0.2, 0.25) is 0 Å². The van der Waals surface area contributed by atoms with E-state index in [1.165, 1.54) is 24.3 Å². The second kappa shape index (κ2) is 5.72. The Morgan fingerprint density at radius 2 is 1.83 bits per heavy atom. The Morgan fingerprint density at radius 3 is 2.28 bits per heavy atom. The van der Waals surface area contributed by atoms with Gasteiger partial charge in [-0.25, -0.2) is 0 Å². The van der Waals surface area contributed by atoms with E-state index in [4.69, 9.17) is 10.8 Å². The van der Waals surface area contributed by atoms with E-state index in [9.17, 15) is 18.0 Å². The van der Waals surface area contributed by atoms with E-state index >= 15 is 0 Å². The maximum atomic E-state index is 12.3. The molecule has 1 aromatic rings. The lowest BCUT2D eigenvalue weighted by atomic mass is 10.2. The number of nitrogen functional groups attached to an aromatic ring is 1. The fraction of sp³-hybridized carbons (Fsp3) is 0.364. The lowest BCUT2D eigenvalue weighted by Crippen LogP contribution is -2.40. The molecule has 18 heavy (non-hydrogen) atoms. The average molecular weight is 262 g/mol. The van der Waals surface area contributed by atoms with Crippen molar-refractivity contribution in [3.05, 3.63) is 29.8 Å². The van der Waals surface area contributed by atoms with Gasteiger partial charge in [-0.1, -0.05) is 0 Å². The van der Waals surface area contributed by atoms with Gasteiger partial charge in [-0.05, 0) is 24.3 Å². The van der Waals surface area contributed by atoms with Gasteiger partial charge in [0, 0.05) is 17.8 Å². The summed E-state index contributed by atoms with van der Waals surface area (Å²) in [5, 5.41) is 8.69. The first-order chi connectivity index (χ1) is 8.33. The Labute approximate surface area is 102 Å². The van der Waals surface area contributed by atoms with Crippen LogP contribution in [-0.2, 0) is 0 Å². The number of amides is 1. The van der Waals surface area contributed by atoms with Gasteiger partial charge in [-0.15, -0.1) is 0 Å². The lowest BCUT2D eigenvalue weighted by Gasteiger charge is -2.23. The molecule has 1 amide bonds. The highest BCUT2D eigenvalue weighted by molar-refractivity contribution is 5.94. The van der Waals surface area contributed by atoms with Crippen molar-refractivity contribution in [2.24, 2.45) is 0 Å². The highest BCUT2D eigenvalue weighted by Crippen LogP contribution is 2.18. The van der Waals surface area contributed by atoms with Gasteiger partial charge in [0.05, 0.1) is 6.61 Å². The Morgan fingerprint density at radius 1 is 1.28 bits per heavy atom. The second-order valence-electron chi connectivity index (χ2n) is 3.69. The normalized spacial score (nSPS) is 11.3. The van der Waals surface area contributed by atoms with Gasteiger partial charge in [0.25, 0.3) is 5.91 Å². The van der Waals surface area contributed by atoms with E-state index in [1.54, 1.807) is 0 Å². The van der Waals surface area contributed by atoms with Crippen LogP contribution in [0.3, 0.4) is 0 Å². The van der Waals surface area contributed by atoms with Crippen LogP contribution in [0.25, 0.3) is 0 Å². The minimum atomic E-state index is -4.50. The fourth-order valence-electron chi connectivity index (χ4n) is 1.40. The Kier molecular flexibility index (Phi) is 4.55. The van der Waals surface area contributed by atoms with Gasteiger partial charge in [0.1, 0.15) is 6.54 Å². The topological polar surface area (TPSA) is 66.6 Å². The van der Waals surface area contributed by atoms with E-state index in [1.807, 2.05) is 0 Å². The fourth-order valence-corrected chi connectivity index (χ4v) is 1.40. The van der Waals surface area contributed by atoms with Crippen LogP contribution in [0.1, 0.15) is 10.4 Å². The van der Waals surface area contributed by atoms with Crippen molar-refractivity contribution in [2.45, 2.75) is 6.18 Å². The molecule has 0 unspecified atom stereocenters. The number of anilines is 1. The van der Waals surface area contributed by atoms with Gasteiger partial charge >= 0.3 is 6.18 Å². The third-order valence-electron chi connectivity index (χ3n) is 2.18. The lowest BCUT2D eigenvalue weighted by molar-refractivity contribution is -0.141. The van der Waals surface area contributed by atoms with Gasteiger partial charge in [-0.2, -0.15) is 13.2 Å². The zero-order valence-electron chi connectivity index (χ0n) is 9.44. The number of carbonyl (C=O) groups is 1. The average Bonchev–Trinajstić information content (AvgIpc) is 2.27. The summed E-state index contributed by atoms with van der Waals surface area (Å²) in [6, 6.07) is 5.55. The molecule has 0 atom stereocenters. The maximum Gasteiger partial charge on any atom is 0.406 e. The van der Waals surface area contributed by atoms with Gasteiger partial charge < -0.3 is 15.7 Å². The molecule has 3 N–H and O–H groups in total. The van der Waals surface area contributed by atoms with Gasteiger partial charge in [0.15, 0.2) is 0 Å². The van der Waals surface area contributed by atoms with Crippen LogP contribution in [0.4, 0.5) is 18.9 Å². The van der Waals surface area contributed by atoms with Crippen molar-refractivity contribution in [3.8, 4) is 0 Å². The van der Waals surface area contributed by atoms with Crippen LogP contribution in [0.2, 0.25) is 0 Å². The molecule has 0 aliphatic carbocycles. The molecule has 4 nitrogen and oxygen atoms in total. The zero-order chi connectivity index (χ0) is 13.8. The van der Waals surface area contributed by atoms with E-state index in [-0.39, 0.29) is 12.1 Å². The van der Waals surface area contributed by atoms with Crippen LogP contribution in [-0.4, -0.2) is 41.8 Å². The van der Waals surface area contributed by atoms with Gasteiger partial charge in [-0.3, -0.25) is 4.79 Å². The Balaban J connectivity index is 2.85. The molecule has 0 heterocycles. The Hall–Kier alpha value is -1.76. The maximum absolute atomic E-state index is 12.3. The first kappa shape index (κ1) is 14.3. The molecule has 0 spiro atoms. The minimum Gasteiger partial charge on any atom is -0.399 e. The summed E-state index contributed by atoms with van der Waals surface area (Å²) in [4.78, 5) is 12.3. The Bertz CT molecular complexity index is 404. The summed E-state index contributed by atoms with van der Waals surface area (Å²) in [5.74, 6) is -0.790. The second-order valence-corrected chi connectivity index (χ2v) is 3.69. The van der Waals surface area contributed by atoms with E-state index in [0.717, 1.165) is 0 Å². The largest absolute Gasteiger partial charge is 0.406 e. The summed E-state index contributed by atoms with van der Waals surface area (Å²) in [7, 11) is 0. The van der Waals surface area contributed by atoms with Crippen molar-refractivity contribution in [3.63, 3.8) is 0 Å².